The monoisotopic (exact) mass is 287 g/mol. The Morgan fingerprint density at radius 2 is 2.05 bits per heavy atom. The summed E-state index contributed by atoms with van der Waals surface area (Å²) in [6.45, 7) is 6.43. The summed E-state index contributed by atoms with van der Waals surface area (Å²) in [6, 6.07) is 4.97. The molecule has 1 atom stereocenters. The molecule has 0 saturated carbocycles. The molecule has 1 aromatic carbocycles. The topological polar surface area (TPSA) is 44.3 Å². The average molecular weight is 287 g/mol. The summed E-state index contributed by atoms with van der Waals surface area (Å²) in [4.78, 5) is 0. The third-order valence-electron chi connectivity index (χ3n) is 2.65. The zero-order valence-corrected chi connectivity index (χ0v) is 12.8. The average Bonchev–Trinajstić information content (AvgIpc) is 2.33. The van der Waals surface area contributed by atoms with E-state index in [2.05, 4.69) is 4.72 Å². The molecule has 1 unspecified atom stereocenters. The predicted octanol–water partition coefficient (Wildman–Crippen LogP) is 2.82. The first kappa shape index (κ1) is 16.3. The Kier molecular flexibility index (Phi) is 6.10. The molecule has 5 heteroatoms. The Morgan fingerprint density at radius 3 is 2.58 bits per heavy atom. The van der Waals surface area contributed by atoms with Gasteiger partial charge in [-0.05, 0) is 51.3 Å². The van der Waals surface area contributed by atoms with Gasteiger partial charge in [0.05, 0.1) is 7.11 Å². The molecule has 108 valence electrons. The second-order valence-electron chi connectivity index (χ2n) is 5.35. The highest BCUT2D eigenvalue weighted by Crippen LogP contribution is 2.18. The molecule has 0 spiro atoms. The van der Waals surface area contributed by atoms with Gasteiger partial charge >= 0.3 is 0 Å². The second-order valence-corrected chi connectivity index (χ2v) is 7.40. The lowest BCUT2D eigenvalue weighted by atomic mass is 10.1. The van der Waals surface area contributed by atoms with Crippen molar-refractivity contribution in [3.63, 3.8) is 0 Å². The number of hydrogen-bond acceptors (Lipinski definition) is 3. The summed E-state index contributed by atoms with van der Waals surface area (Å²) < 4.78 is 32.8. The highest BCUT2D eigenvalue weighted by molar-refractivity contribution is 7.90. The van der Waals surface area contributed by atoms with E-state index in [9.17, 15) is 8.94 Å². The van der Waals surface area contributed by atoms with Crippen LogP contribution in [0, 0.1) is 5.82 Å². The Bertz CT molecular complexity index is 407. The minimum absolute atomic E-state index is 0.258. The van der Waals surface area contributed by atoms with Gasteiger partial charge in [-0.15, -0.1) is 4.72 Å². The fourth-order valence-corrected chi connectivity index (χ4v) is 2.30. The van der Waals surface area contributed by atoms with Gasteiger partial charge in [-0.3, -0.25) is 0 Å². The van der Waals surface area contributed by atoms with Gasteiger partial charge in [0.15, 0.2) is 11.6 Å². The van der Waals surface area contributed by atoms with Crippen LogP contribution in [0.5, 0.6) is 5.75 Å². The molecule has 1 rings (SSSR count). The number of methoxy groups -OCH3 is 1. The minimum atomic E-state index is -1.05. The molecule has 3 nitrogen and oxygen atoms in total. The van der Waals surface area contributed by atoms with Crippen LogP contribution in [0.25, 0.3) is 0 Å². The fraction of sp³-hybridized carbons (Fsp3) is 0.571. The maximum Gasteiger partial charge on any atom is 0.165 e. The lowest BCUT2D eigenvalue weighted by molar-refractivity contribution is 0.386. The summed E-state index contributed by atoms with van der Waals surface area (Å²) in [5.41, 5.74) is 0.918. The third-order valence-corrected chi connectivity index (χ3v) is 4.23. The molecule has 0 bridgehead atoms. The zero-order valence-electron chi connectivity index (χ0n) is 12.0. The molecule has 1 N–H and O–H groups in total. The smallest absolute Gasteiger partial charge is 0.165 e. The molecule has 1 aromatic rings. The van der Waals surface area contributed by atoms with Crippen LogP contribution in [-0.2, 0) is 17.8 Å². The fourth-order valence-electron chi connectivity index (χ4n) is 1.54. The first-order valence-corrected chi connectivity index (χ1v) is 7.47. The van der Waals surface area contributed by atoms with E-state index in [1.165, 1.54) is 13.2 Å². The van der Waals surface area contributed by atoms with Crippen molar-refractivity contribution in [2.24, 2.45) is 0 Å². The van der Waals surface area contributed by atoms with Crippen molar-refractivity contribution >= 4 is 11.4 Å². The first-order valence-electron chi connectivity index (χ1n) is 6.32. The summed E-state index contributed by atoms with van der Waals surface area (Å²) in [5, 5.41) is 0. The van der Waals surface area contributed by atoms with Crippen LogP contribution in [0.2, 0.25) is 0 Å². The minimum Gasteiger partial charge on any atom is -0.598 e. The van der Waals surface area contributed by atoms with Crippen LogP contribution in [0.3, 0.4) is 0 Å². The van der Waals surface area contributed by atoms with Gasteiger partial charge in [-0.25, -0.2) is 4.39 Å². The third kappa shape index (κ3) is 5.38. The number of ether oxygens (including phenoxy) is 1. The number of aryl methyl sites for hydroxylation is 1. The Balaban J connectivity index is 2.36. The molecule has 0 aliphatic rings. The summed E-state index contributed by atoms with van der Waals surface area (Å²) >= 11 is -1.05. The van der Waals surface area contributed by atoms with Crippen LogP contribution in [0.4, 0.5) is 4.39 Å². The van der Waals surface area contributed by atoms with E-state index in [1.807, 2.05) is 26.8 Å². The molecule has 19 heavy (non-hydrogen) atoms. The van der Waals surface area contributed by atoms with E-state index in [0.717, 1.165) is 18.4 Å². The van der Waals surface area contributed by atoms with Crippen molar-refractivity contribution in [1.82, 2.24) is 4.72 Å². The van der Waals surface area contributed by atoms with Crippen molar-refractivity contribution < 1.29 is 13.7 Å². The Morgan fingerprint density at radius 1 is 1.37 bits per heavy atom. The number of benzene rings is 1. The number of hydrogen-bond donors (Lipinski definition) is 1. The van der Waals surface area contributed by atoms with Crippen LogP contribution in [0.15, 0.2) is 18.2 Å². The van der Waals surface area contributed by atoms with Crippen LogP contribution in [0.1, 0.15) is 32.8 Å². The predicted molar refractivity (Wildman–Crippen MR) is 77.2 cm³/mol. The van der Waals surface area contributed by atoms with Crippen molar-refractivity contribution in [3.05, 3.63) is 29.6 Å². The highest BCUT2D eigenvalue weighted by Gasteiger charge is 2.25. The molecule has 0 fully saturated rings. The van der Waals surface area contributed by atoms with E-state index < -0.39 is 11.4 Å². The molecule has 0 aliphatic heterocycles. The number of nitrogens with one attached hydrogen (secondary N) is 1. The second kappa shape index (κ2) is 7.12. The Hall–Kier alpha value is -0.780. The molecule has 0 saturated heterocycles. The number of halogens is 1. The van der Waals surface area contributed by atoms with E-state index in [1.54, 1.807) is 6.07 Å². The standard InChI is InChI=1S/C14H22FNO2S/c1-14(2,3)19(17)16-9-5-6-11-7-8-13(18-4)12(15)10-11/h7-8,10,16H,5-6,9H2,1-4H3. The SMILES string of the molecule is COc1ccc(CCCN[S+]([O-])C(C)(C)C)cc1F. The van der Waals surface area contributed by atoms with E-state index >= 15 is 0 Å². The Labute approximate surface area is 117 Å². The lowest BCUT2D eigenvalue weighted by Crippen LogP contribution is -2.39. The maximum atomic E-state index is 13.5. The molecule has 0 aliphatic carbocycles. The summed E-state index contributed by atoms with van der Waals surface area (Å²) in [6.07, 6.45) is 1.56. The van der Waals surface area contributed by atoms with Gasteiger partial charge < -0.3 is 9.29 Å². The molecule has 0 aromatic heterocycles. The summed E-state index contributed by atoms with van der Waals surface area (Å²) in [5.74, 6) is -0.0815. The lowest BCUT2D eigenvalue weighted by Gasteiger charge is -2.23. The molecular formula is C14H22FNO2S. The van der Waals surface area contributed by atoms with Gasteiger partial charge in [0, 0.05) is 17.9 Å². The largest absolute Gasteiger partial charge is 0.598 e. The van der Waals surface area contributed by atoms with Crippen LogP contribution < -0.4 is 9.46 Å². The van der Waals surface area contributed by atoms with Crippen molar-refractivity contribution in [3.8, 4) is 5.75 Å². The zero-order chi connectivity index (χ0) is 14.5. The van der Waals surface area contributed by atoms with Crippen molar-refractivity contribution in [1.29, 1.82) is 0 Å². The van der Waals surface area contributed by atoms with E-state index in [4.69, 9.17) is 4.74 Å². The van der Waals surface area contributed by atoms with Crippen LogP contribution >= 0.6 is 0 Å². The molecule has 0 radical (unpaired) electrons. The van der Waals surface area contributed by atoms with E-state index in [-0.39, 0.29) is 16.3 Å². The van der Waals surface area contributed by atoms with Crippen LogP contribution in [-0.4, -0.2) is 23.0 Å². The molecule has 0 heterocycles. The van der Waals surface area contributed by atoms with Gasteiger partial charge in [-0.2, -0.15) is 0 Å². The van der Waals surface area contributed by atoms with Gasteiger partial charge in [0.25, 0.3) is 0 Å². The quantitative estimate of drug-likeness (QED) is 0.646. The normalized spacial score (nSPS) is 13.4. The van der Waals surface area contributed by atoms with Crippen molar-refractivity contribution in [2.45, 2.75) is 38.4 Å². The summed E-state index contributed by atoms with van der Waals surface area (Å²) in [7, 11) is 1.45. The molecular weight excluding hydrogens is 265 g/mol. The first-order chi connectivity index (χ1) is 8.84. The maximum absolute atomic E-state index is 13.5. The highest BCUT2D eigenvalue weighted by atomic mass is 32.2. The van der Waals surface area contributed by atoms with Gasteiger partial charge in [-0.1, -0.05) is 6.07 Å². The number of rotatable bonds is 6. The van der Waals surface area contributed by atoms with Crippen molar-refractivity contribution in [2.75, 3.05) is 13.7 Å². The molecule has 0 amide bonds. The van der Waals surface area contributed by atoms with Gasteiger partial charge in [0.2, 0.25) is 0 Å². The van der Waals surface area contributed by atoms with E-state index in [0.29, 0.717) is 6.54 Å². The van der Waals surface area contributed by atoms with Gasteiger partial charge in [0.1, 0.15) is 4.75 Å².